The van der Waals surface area contributed by atoms with E-state index in [9.17, 15) is 18.3 Å². The summed E-state index contributed by atoms with van der Waals surface area (Å²) in [4.78, 5) is 16.4. The van der Waals surface area contributed by atoms with Gasteiger partial charge in [0.05, 0.1) is 28.9 Å². The third kappa shape index (κ3) is 3.70. The number of nitrogens with zero attached hydrogens (tertiary/aromatic N) is 4. The first-order valence-electron chi connectivity index (χ1n) is 9.94. The van der Waals surface area contributed by atoms with Crippen LogP contribution >= 0.6 is 0 Å². The van der Waals surface area contributed by atoms with E-state index in [1.807, 2.05) is 20.8 Å². The number of rotatable bonds is 6. The molecule has 2 aromatic rings. The SMILES string of the molecule is CC(C)N1c2ccc(S(=O)(=O)NC3(C)CC3)cc2C(=O)N(Cc2cnn(C)c2)C1O. The van der Waals surface area contributed by atoms with Crippen LogP contribution in [0.4, 0.5) is 5.69 Å². The zero-order valence-electron chi connectivity index (χ0n) is 17.5. The fourth-order valence-corrected chi connectivity index (χ4v) is 5.23. The quantitative estimate of drug-likeness (QED) is 0.713. The van der Waals surface area contributed by atoms with Crippen molar-refractivity contribution in [3.05, 3.63) is 41.7 Å². The third-order valence-corrected chi connectivity index (χ3v) is 7.26. The van der Waals surface area contributed by atoms with E-state index in [0.29, 0.717) is 5.69 Å². The van der Waals surface area contributed by atoms with E-state index < -0.39 is 27.8 Å². The van der Waals surface area contributed by atoms with Crippen molar-refractivity contribution in [3.63, 3.8) is 0 Å². The smallest absolute Gasteiger partial charge is 0.259 e. The van der Waals surface area contributed by atoms with E-state index in [0.717, 1.165) is 18.4 Å². The van der Waals surface area contributed by atoms with Crippen LogP contribution in [0, 0.1) is 0 Å². The van der Waals surface area contributed by atoms with E-state index in [2.05, 4.69) is 9.82 Å². The van der Waals surface area contributed by atoms with Gasteiger partial charge < -0.3 is 10.0 Å². The van der Waals surface area contributed by atoms with Crippen molar-refractivity contribution in [2.45, 2.75) is 63.0 Å². The summed E-state index contributed by atoms with van der Waals surface area (Å²) < 4.78 is 30.0. The van der Waals surface area contributed by atoms with E-state index in [1.54, 1.807) is 35.1 Å². The Bertz CT molecular complexity index is 1090. The first-order valence-corrected chi connectivity index (χ1v) is 11.4. The summed E-state index contributed by atoms with van der Waals surface area (Å²) >= 11 is 0. The normalized spacial score (nSPS) is 20.6. The highest BCUT2D eigenvalue weighted by atomic mass is 32.2. The maximum Gasteiger partial charge on any atom is 0.259 e. The predicted octanol–water partition coefficient (Wildman–Crippen LogP) is 1.40. The van der Waals surface area contributed by atoms with Crippen molar-refractivity contribution in [1.82, 2.24) is 19.4 Å². The summed E-state index contributed by atoms with van der Waals surface area (Å²) in [6.45, 7) is 5.83. The summed E-state index contributed by atoms with van der Waals surface area (Å²) in [5.74, 6) is -0.423. The molecule has 0 saturated heterocycles. The first kappa shape index (κ1) is 20.8. The first-order chi connectivity index (χ1) is 14.0. The van der Waals surface area contributed by atoms with Gasteiger partial charge in [-0.05, 0) is 51.8 Å². The van der Waals surface area contributed by atoms with E-state index in [4.69, 9.17) is 0 Å². The minimum Gasteiger partial charge on any atom is -0.356 e. The minimum atomic E-state index is -3.75. The summed E-state index contributed by atoms with van der Waals surface area (Å²) in [6, 6.07) is 4.37. The number of aliphatic hydroxyl groups excluding tert-OH is 1. The zero-order valence-corrected chi connectivity index (χ0v) is 18.3. The lowest BCUT2D eigenvalue weighted by Crippen LogP contribution is -2.57. The molecule has 30 heavy (non-hydrogen) atoms. The zero-order chi connectivity index (χ0) is 21.8. The largest absolute Gasteiger partial charge is 0.356 e. The molecule has 0 bridgehead atoms. The Morgan fingerprint density at radius 3 is 2.60 bits per heavy atom. The summed E-state index contributed by atoms with van der Waals surface area (Å²) in [6.07, 6.45) is 3.83. The molecule has 1 aromatic carbocycles. The molecule has 2 heterocycles. The minimum absolute atomic E-state index is 0.0455. The highest BCUT2D eigenvalue weighted by Crippen LogP contribution is 2.38. The van der Waals surface area contributed by atoms with Crippen LogP contribution in [-0.4, -0.2) is 52.0 Å². The number of sulfonamides is 1. The summed E-state index contributed by atoms with van der Waals surface area (Å²) in [5, 5.41) is 15.1. The van der Waals surface area contributed by atoms with Crippen molar-refractivity contribution in [2.75, 3.05) is 4.90 Å². The van der Waals surface area contributed by atoms with Crippen LogP contribution in [0.15, 0.2) is 35.5 Å². The molecule has 9 nitrogen and oxygen atoms in total. The van der Waals surface area contributed by atoms with Gasteiger partial charge in [-0.15, -0.1) is 0 Å². The number of carbonyl (C=O) groups excluding carboxylic acids is 1. The topological polar surface area (TPSA) is 108 Å². The molecule has 1 atom stereocenters. The average Bonchev–Trinajstić information content (AvgIpc) is 3.22. The molecule has 1 saturated carbocycles. The number of aryl methyl sites for hydroxylation is 1. The predicted molar refractivity (Wildman–Crippen MR) is 111 cm³/mol. The Morgan fingerprint density at radius 2 is 2.03 bits per heavy atom. The number of hydrogen-bond acceptors (Lipinski definition) is 6. The van der Waals surface area contributed by atoms with Gasteiger partial charge in [0.15, 0.2) is 0 Å². The lowest BCUT2D eigenvalue weighted by atomic mass is 10.1. The summed E-state index contributed by atoms with van der Waals surface area (Å²) in [7, 11) is -1.98. The van der Waals surface area contributed by atoms with Crippen molar-refractivity contribution in [3.8, 4) is 0 Å². The number of hydrogen-bond donors (Lipinski definition) is 2. The second-order valence-electron chi connectivity index (χ2n) is 8.65. The number of aromatic nitrogens is 2. The Hall–Kier alpha value is -2.43. The van der Waals surface area contributed by atoms with Crippen molar-refractivity contribution < 1.29 is 18.3 Å². The van der Waals surface area contributed by atoms with Gasteiger partial charge in [0, 0.05) is 30.4 Å². The lowest BCUT2D eigenvalue weighted by Gasteiger charge is -2.44. The van der Waals surface area contributed by atoms with Crippen LogP contribution in [0.1, 0.15) is 49.5 Å². The van der Waals surface area contributed by atoms with Crippen LogP contribution in [-0.2, 0) is 23.6 Å². The molecule has 2 aliphatic rings. The van der Waals surface area contributed by atoms with Gasteiger partial charge in [0.25, 0.3) is 5.91 Å². The molecule has 1 amide bonds. The van der Waals surface area contributed by atoms with Crippen molar-refractivity contribution >= 4 is 21.6 Å². The van der Waals surface area contributed by atoms with Crippen LogP contribution in [0.2, 0.25) is 0 Å². The molecule has 0 radical (unpaired) electrons. The van der Waals surface area contributed by atoms with Gasteiger partial charge in [-0.3, -0.25) is 14.4 Å². The van der Waals surface area contributed by atoms with E-state index in [-0.39, 0.29) is 23.0 Å². The van der Waals surface area contributed by atoms with Crippen molar-refractivity contribution in [2.24, 2.45) is 7.05 Å². The van der Waals surface area contributed by atoms with Gasteiger partial charge in [0.1, 0.15) is 0 Å². The molecule has 1 aromatic heterocycles. The highest BCUT2D eigenvalue weighted by Gasteiger charge is 2.42. The van der Waals surface area contributed by atoms with Crippen LogP contribution in [0.5, 0.6) is 0 Å². The summed E-state index contributed by atoms with van der Waals surface area (Å²) in [5.41, 5.74) is 1.12. The molecule has 1 fully saturated rings. The van der Waals surface area contributed by atoms with Gasteiger partial charge in [-0.25, -0.2) is 13.1 Å². The molecular weight excluding hydrogens is 406 g/mol. The monoisotopic (exact) mass is 433 g/mol. The van der Waals surface area contributed by atoms with E-state index >= 15 is 0 Å². The van der Waals surface area contributed by atoms with Gasteiger partial charge in [-0.1, -0.05) is 0 Å². The van der Waals surface area contributed by atoms with Crippen molar-refractivity contribution in [1.29, 1.82) is 0 Å². The number of carbonyl (C=O) groups is 1. The number of amides is 1. The number of nitrogens with one attached hydrogen (secondary N) is 1. The maximum absolute atomic E-state index is 13.3. The van der Waals surface area contributed by atoms with Gasteiger partial charge in [-0.2, -0.15) is 5.10 Å². The average molecular weight is 434 g/mol. The number of aliphatic hydroxyl groups is 1. The molecule has 162 valence electrons. The molecular formula is C20H27N5O4S. The molecule has 1 aliphatic heterocycles. The van der Waals surface area contributed by atoms with Crippen LogP contribution in [0.25, 0.3) is 0 Å². The molecule has 0 spiro atoms. The standard InChI is InChI=1S/C20H27N5O4S/c1-13(2)25-17-6-5-15(30(28,29)22-20(3)7-8-20)9-16(17)18(26)24(19(25)27)12-14-10-21-23(4)11-14/h5-6,9-11,13,19,22,27H,7-8,12H2,1-4H3. The second kappa shape index (κ2) is 7.07. The highest BCUT2D eigenvalue weighted by molar-refractivity contribution is 7.89. The number of benzene rings is 1. The Labute approximate surface area is 176 Å². The Morgan fingerprint density at radius 1 is 1.33 bits per heavy atom. The molecule has 2 N–H and O–H groups in total. The van der Waals surface area contributed by atoms with Crippen LogP contribution < -0.4 is 9.62 Å². The maximum atomic E-state index is 13.3. The number of fused-ring (bicyclic) bond motifs is 1. The molecule has 1 aliphatic carbocycles. The molecule has 4 rings (SSSR count). The van der Waals surface area contributed by atoms with Crippen LogP contribution in [0.3, 0.4) is 0 Å². The van der Waals surface area contributed by atoms with E-state index in [1.165, 1.54) is 17.0 Å². The fraction of sp³-hybridized carbons (Fsp3) is 0.500. The van der Waals surface area contributed by atoms with Gasteiger partial charge >= 0.3 is 0 Å². The fourth-order valence-electron chi connectivity index (χ4n) is 3.73. The Balaban J connectivity index is 1.74. The molecule has 1 unspecified atom stereocenters. The Kier molecular flexibility index (Phi) is 4.91. The second-order valence-corrected chi connectivity index (χ2v) is 10.3. The molecule has 10 heteroatoms. The lowest BCUT2D eigenvalue weighted by molar-refractivity contribution is -0.00540. The third-order valence-electron chi connectivity index (χ3n) is 5.62. The van der Waals surface area contributed by atoms with Gasteiger partial charge in [0.2, 0.25) is 16.4 Å². The number of anilines is 1.